The van der Waals surface area contributed by atoms with Crippen LogP contribution in [0.1, 0.15) is 84.2 Å². The molecule has 7 rings (SSSR count). The molecule has 5 heterocycles. The van der Waals surface area contributed by atoms with Crippen molar-refractivity contribution in [1.29, 1.82) is 0 Å². The van der Waals surface area contributed by atoms with Crippen LogP contribution in [0.3, 0.4) is 0 Å². The molecule has 17 heteroatoms. The minimum absolute atomic E-state index is 0.0219. The van der Waals surface area contributed by atoms with Gasteiger partial charge in [-0.3, -0.25) is 34.1 Å². The molecule has 388 valence electrons. The quantitative estimate of drug-likeness (QED) is 0.110. The van der Waals surface area contributed by atoms with Crippen LogP contribution in [0, 0.1) is 11.3 Å². The lowest BCUT2D eigenvalue weighted by Gasteiger charge is -2.43. The van der Waals surface area contributed by atoms with Crippen LogP contribution in [0.4, 0.5) is 4.79 Å². The van der Waals surface area contributed by atoms with Gasteiger partial charge in [-0.15, -0.1) is 0 Å². The monoisotopic (exact) mass is 1000 g/mol. The number of pyridine rings is 1. The standard InChI is InChI=1S/C55H77N9O7Si/c1-12-46(65)59(9)25-26-61-27-28-62(33-36(61)5)53(69)60(10)48(35(3)4)50(66)57-44-30-38-17-14-18-39(29-38)40-20-21-45-42(31-40)43(49(63(45)13-2)41-19-15-23-56-47(41)37(6)70-11)32-54(7,8)34-71-52(68)55(72)22-16-24-64(58-55)51(44)67/h12,14-15,17-21,23,29,31,35-37,44,48,58H,1,13,16,22,24-28,30,32-34H2,2-11,72H3,(H,57,66)/t36-,37-,44-,48-,55-/m0/s1. The highest BCUT2D eigenvalue weighted by atomic mass is 28.1. The Bertz CT molecular complexity index is 2670. The van der Waals surface area contributed by atoms with Crippen LogP contribution in [-0.4, -0.2) is 164 Å². The molecule has 5 amide bonds. The number of fused-ring (bicyclic) bond motifs is 6. The Morgan fingerprint density at radius 2 is 1.81 bits per heavy atom. The number of urea groups is 1. The van der Waals surface area contributed by atoms with Gasteiger partial charge in [0, 0.05) is 118 Å². The molecule has 2 aromatic heterocycles. The third-order valence-corrected chi connectivity index (χ3v) is 16.1. The van der Waals surface area contributed by atoms with E-state index in [1.54, 1.807) is 37.2 Å². The lowest BCUT2D eigenvalue weighted by Crippen LogP contribution is -2.68. The fourth-order valence-electron chi connectivity index (χ4n) is 10.8. The number of ether oxygens (including phenoxy) is 2. The highest BCUT2D eigenvalue weighted by molar-refractivity contribution is 6.27. The van der Waals surface area contributed by atoms with E-state index in [2.05, 4.69) is 90.9 Å². The lowest BCUT2D eigenvalue weighted by molar-refractivity contribution is -0.158. The molecule has 6 bridgehead atoms. The van der Waals surface area contributed by atoms with E-state index in [1.807, 2.05) is 39.0 Å². The summed E-state index contributed by atoms with van der Waals surface area (Å²) in [4.78, 5) is 82.4. The van der Waals surface area contributed by atoms with Crippen LogP contribution < -0.4 is 10.7 Å². The van der Waals surface area contributed by atoms with Gasteiger partial charge >= 0.3 is 12.0 Å². The summed E-state index contributed by atoms with van der Waals surface area (Å²) in [7, 11) is 5.45. The van der Waals surface area contributed by atoms with Crippen molar-refractivity contribution in [2.45, 2.75) is 110 Å². The van der Waals surface area contributed by atoms with Crippen molar-refractivity contribution in [1.82, 2.24) is 44.9 Å². The molecule has 2 aromatic carbocycles. The predicted octanol–water partition coefficient (Wildman–Crippen LogP) is 5.17. The van der Waals surface area contributed by atoms with Gasteiger partial charge in [-0.25, -0.2) is 10.2 Å². The van der Waals surface area contributed by atoms with E-state index in [4.69, 9.17) is 14.5 Å². The van der Waals surface area contributed by atoms with Crippen molar-refractivity contribution in [3.8, 4) is 22.4 Å². The van der Waals surface area contributed by atoms with E-state index in [0.717, 1.165) is 50.1 Å². The fraction of sp³-hybridized carbons (Fsp3) is 0.527. The number of carbonyl (C=O) groups is 5. The second kappa shape index (κ2) is 22.5. The van der Waals surface area contributed by atoms with Gasteiger partial charge in [-0.1, -0.05) is 64.6 Å². The van der Waals surface area contributed by atoms with Crippen molar-refractivity contribution >= 4 is 50.9 Å². The number of esters is 1. The lowest BCUT2D eigenvalue weighted by atomic mass is 9.84. The van der Waals surface area contributed by atoms with Crippen LogP contribution in [0.25, 0.3) is 33.3 Å². The van der Waals surface area contributed by atoms with E-state index < -0.39 is 34.5 Å². The minimum Gasteiger partial charge on any atom is -0.464 e. The summed E-state index contributed by atoms with van der Waals surface area (Å²) in [5.41, 5.74) is 10.7. The summed E-state index contributed by atoms with van der Waals surface area (Å²) in [5.74, 6) is -1.66. The number of nitrogens with zero attached hydrogens (tertiary/aromatic N) is 7. The normalized spacial score (nSPS) is 21.7. The molecule has 4 aromatic rings. The molecule has 16 nitrogen and oxygen atoms in total. The second-order valence-electron chi connectivity index (χ2n) is 21.4. The van der Waals surface area contributed by atoms with Gasteiger partial charge in [-0.2, -0.15) is 0 Å². The number of nitrogens with one attached hydrogen (secondary N) is 2. The smallest absolute Gasteiger partial charge is 0.323 e. The molecule has 2 fully saturated rings. The van der Waals surface area contributed by atoms with Crippen molar-refractivity contribution in [2.24, 2.45) is 11.3 Å². The maximum atomic E-state index is 15.0. The summed E-state index contributed by atoms with van der Waals surface area (Å²) in [6.45, 7) is 21.7. The maximum absolute atomic E-state index is 15.0. The van der Waals surface area contributed by atoms with Gasteiger partial charge in [-0.05, 0) is 98.5 Å². The van der Waals surface area contributed by atoms with Crippen molar-refractivity contribution in [3.63, 3.8) is 0 Å². The number of amides is 5. The van der Waals surface area contributed by atoms with E-state index in [-0.39, 0.29) is 48.9 Å². The summed E-state index contributed by atoms with van der Waals surface area (Å²) in [6, 6.07) is 16.5. The molecule has 2 saturated heterocycles. The first-order valence-electron chi connectivity index (χ1n) is 25.6. The van der Waals surface area contributed by atoms with Crippen LogP contribution >= 0.6 is 0 Å². The Morgan fingerprint density at radius 3 is 2.50 bits per heavy atom. The molecule has 2 N–H and O–H groups in total. The molecule has 3 aliphatic heterocycles. The van der Waals surface area contributed by atoms with Crippen LogP contribution in [0.2, 0.25) is 0 Å². The zero-order valence-corrected chi connectivity index (χ0v) is 46.4. The minimum atomic E-state index is -1.09. The average molecular weight is 1000 g/mol. The van der Waals surface area contributed by atoms with E-state index >= 15 is 0 Å². The SMILES string of the molecule is C=CC(=O)N(C)CCN1CCN(C(=O)N(C)[C@H](C(=O)N[C@H]2Cc3cccc(c3)-c3ccc4c(c3)c(c(-c3cccnc3[C@H](C)OC)n4CC)CC(C)(C)COC(=O)[C@@]3([SiH3])CCCN(N3)C2=O)C(C)C)C[C@@H]1C. The van der Waals surface area contributed by atoms with Gasteiger partial charge in [0.25, 0.3) is 5.91 Å². The fourth-order valence-corrected chi connectivity index (χ4v) is 11.6. The highest BCUT2D eigenvalue weighted by Gasteiger charge is 2.44. The van der Waals surface area contributed by atoms with Crippen LogP contribution in [0.15, 0.2) is 73.4 Å². The highest BCUT2D eigenvalue weighted by Crippen LogP contribution is 2.42. The number of aryl methyl sites for hydroxylation is 1. The van der Waals surface area contributed by atoms with Gasteiger partial charge in [0.05, 0.1) is 24.1 Å². The van der Waals surface area contributed by atoms with Gasteiger partial charge < -0.3 is 34.1 Å². The third kappa shape index (κ3) is 11.5. The Hall–Kier alpha value is -5.88. The number of aromatic nitrogens is 2. The largest absolute Gasteiger partial charge is 0.464 e. The summed E-state index contributed by atoms with van der Waals surface area (Å²) in [5, 5.41) is 4.62. The summed E-state index contributed by atoms with van der Waals surface area (Å²) in [6.07, 6.45) is 4.66. The van der Waals surface area contributed by atoms with E-state index in [0.29, 0.717) is 75.3 Å². The van der Waals surface area contributed by atoms with Crippen molar-refractivity contribution < 1.29 is 33.4 Å². The van der Waals surface area contributed by atoms with Gasteiger partial charge in [0.2, 0.25) is 11.8 Å². The average Bonchev–Trinajstić information content (AvgIpc) is 3.67. The number of hydrazine groups is 1. The first-order valence-corrected chi connectivity index (χ1v) is 26.6. The molecule has 72 heavy (non-hydrogen) atoms. The molecule has 0 aliphatic carbocycles. The number of benzene rings is 2. The van der Waals surface area contributed by atoms with Gasteiger partial charge in [0.1, 0.15) is 17.2 Å². The number of rotatable bonds is 12. The van der Waals surface area contributed by atoms with Crippen molar-refractivity contribution in [3.05, 3.63) is 90.3 Å². The number of piperazine rings is 1. The number of hydrogen-bond donors (Lipinski definition) is 2. The molecular weight excluding hydrogens is 927 g/mol. The molecule has 5 atom stereocenters. The van der Waals surface area contributed by atoms with Crippen LogP contribution in [0.5, 0.6) is 0 Å². The predicted molar refractivity (Wildman–Crippen MR) is 285 cm³/mol. The summed E-state index contributed by atoms with van der Waals surface area (Å²) < 4.78 is 14.5. The molecule has 0 unspecified atom stereocenters. The first-order chi connectivity index (χ1) is 34.2. The molecule has 0 saturated carbocycles. The Kier molecular flexibility index (Phi) is 16.8. The molecule has 0 radical (unpaired) electrons. The van der Waals surface area contributed by atoms with E-state index in [9.17, 15) is 24.0 Å². The van der Waals surface area contributed by atoms with E-state index in [1.165, 1.54) is 16.0 Å². The number of methoxy groups -OCH3 is 1. The zero-order chi connectivity index (χ0) is 52.2. The molecule has 0 spiro atoms. The van der Waals surface area contributed by atoms with Crippen molar-refractivity contribution in [2.75, 3.05) is 67.1 Å². The number of likely N-dealkylation sites (N-methyl/N-ethyl adjacent to an activating group) is 2. The zero-order valence-electron chi connectivity index (χ0n) is 44.4. The van der Waals surface area contributed by atoms with Gasteiger partial charge in [0.15, 0.2) is 0 Å². The Balaban J connectivity index is 1.23. The Morgan fingerprint density at radius 1 is 1.06 bits per heavy atom. The molecule has 3 aliphatic rings. The summed E-state index contributed by atoms with van der Waals surface area (Å²) >= 11 is 0. The molecular formula is C55H77N9O7Si. The topological polar surface area (TPSA) is 162 Å². The second-order valence-corrected chi connectivity index (χ2v) is 23.1. The van der Waals surface area contributed by atoms with Crippen LogP contribution in [-0.2, 0) is 48.0 Å². The number of hydrogen-bond acceptors (Lipinski definition) is 10. The maximum Gasteiger partial charge on any atom is 0.323 e. The third-order valence-electron chi connectivity index (χ3n) is 15.0. The number of cyclic esters (lactones) is 1. The Labute approximate surface area is 428 Å². The first kappa shape index (κ1) is 53.9. The number of carbonyl (C=O) groups excluding carboxylic acids is 5.